The van der Waals surface area contributed by atoms with E-state index in [-0.39, 0.29) is 19.4 Å². The smallest absolute Gasteiger partial charge is 0.462 e. The van der Waals surface area contributed by atoms with Crippen molar-refractivity contribution in [1.29, 1.82) is 0 Å². The zero-order valence-electron chi connectivity index (χ0n) is 31.9. The largest absolute Gasteiger partial charge is 0.472 e. The molecule has 0 heterocycles. The van der Waals surface area contributed by atoms with E-state index in [1.54, 1.807) is 0 Å². The predicted molar refractivity (Wildman–Crippen MR) is 201 cm³/mol. The number of rotatable bonds is 38. The molecule has 0 spiro atoms. The second-order valence-electron chi connectivity index (χ2n) is 13.7. The molecular weight excluding hydrogens is 659 g/mol. The molecule has 0 fully saturated rings. The van der Waals surface area contributed by atoms with Gasteiger partial charge < -0.3 is 24.6 Å². The lowest BCUT2D eigenvalue weighted by Gasteiger charge is -2.20. The molecule has 10 nitrogen and oxygen atoms in total. The van der Waals surface area contributed by atoms with Crippen LogP contribution in [-0.2, 0) is 32.7 Å². The fraction of sp³-hybridized carbons (Fsp3) is 0.897. The van der Waals surface area contributed by atoms with Crippen LogP contribution in [-0.4, -0.2) is 65.7 Å². The van der Waals surface area contributed by atoms with Crippen molar-refractivity contribution in [3.05, 3.63) is 12.2 Å². The summed E-state index contributed by atoms with van der Waals surface area (Å²) in [5.41, 5.74) is 0. The van der Waals surface area contributed by atoms with Crippen molar-refractivity contribution in [3.8, 4) is 0 Å². The molecule has 3 N–H and O–H groups in total. The third kappa shape index (κ3) is 35.1. The Bertz CT molecular complexity index is 853. The first-order valence-corrected chi connectivity index (χ1v) is 21.6. The van der Waals surface area contributed by atoms with Crippen molar-refractivity contribution < 1.29 is 47.8 Å². The number of ether oxygens (including phenoxy) is 2. The normalized spacial score (nSPS) is 14.1. The van der Waals surface area contributed by atoms with Crippen LogP contribution in [0.2, 0.25) is 0 Å². The van der Waals surface area contributed by atoms with E-state index in [9.17, 15) is 24.2 Å². The summed E-state index contributed by atoms with van der Waals surface area (Å²) in [7, 11) is -4.60. The second kappa shape index (κ2) is 36.1. The summed E-state index contributed by atoms with van der Waals surface area (Å²) >= 11 is 0. The van der Waals surface area contributed by atoms with Gasteiger partial charge in [-0.25, -0.2) is 4.57 Å². The Morgan fingerprint density at radius 3 is 1.44 bits per heavy atom. The third-order valence-corrected chi connectivity index (χ3v) is 9.62. The molecule has 0 aromatic heterocycles. The molecule has 0 saturated heterocycles. The summed E-state index contributed by atoms with van der Waals surface area (Å²) in [6.45, 7) is 2.34. The minimum atomic E-state index is -4.60. The molecule has 296 valence electrons. The second-order valence-corrected chi connectivity index (χ2v) is 15.1. The summed E-state index contributed by atoms with van der Waals surface area (Å²) in [5, 5.41) is 18.2. The van der Waals surface area contributed by atoms with E-state index >= 15 is 0 Å². The van der Waals surface area contributed by atoms with Crippen LogP contribution in [0.4, 0.5) is 0 Å². The zero-order valence-corrected chi connectivity index (χ0v) is 32.8. The van der Waals surface area contributed by atoms with Gasteiger partial charge in [0.25, 0.3) is 0 Å². The Hall–Kier alpha value is -1.29. The summed E-state index contributed by atoms with van der Waals surface area (Å²) < 4.78 is 32.5. The van der Waals surface area contributed by atoms with E-state index in [1.807, 2.05) is 0 Å². The molecule has 0 rings (SSSR count). The molecule has 11 heteroatoms. The molecule has 50 heavy (non-hydrogen) atoms. The number of unbranched alkanes of at least 4 members (excludes halogenated alkanes) is 22. The van der Waals surface area contributed by atoms with E-state index in [2.05, 4.69) is 30.5 Å². The number of carbonyl (C=O) groups is 2. The van der Waals surface area contributed by atoms with Crippen LogP contribution in [0, 0.1) is 0 Å². The fourth-order valence-electron chi connectivity index (χ4n) is 5.52. The van der Waals surface area contributed by atoms with Gasteiger partial charge in [0.2, 0.25) is 0 Å². The molecule has 0 amide bonds. The average Bonchev–Trinajstić information content (AvgIpc) is 3.10. The van der Waals surface area contributed by atoms with Gasteiger partial charge in [0, 0.05) is 12.8 Å². The van der Waals surface area contributed by atoms with Crippen LogP contribution in [0.1, 0.15) is 187 Å². The monoisotopic (exact) mass is 735 g/mol. The maximum atomic E-state index is 12.5. The first-order valence-electron chi connectivity index (χ1n) is 20.1. The highest BCUT2D eigenvalue weighted by Crippen LogP contribution is 2.43. The van der Waals surface area contributed by atoms with Gasteiger partial charge in [0.1, 0.15) is 12.7 Å². The first-order chi connectivity index (χ1) is 24.2. The highest BCUT2D eigenvalue weighted by atomic mass is 31.2. The number of aliphatic hydroxyl groups is 2. The molecule has 1 unspecified atom stereocenters. The Labute approximate surface area is 305 Å². The van der Waals surface area contributed by atoms with E-state index < -0.39 is 51.8 Å². The van der Waals surface area contributed by atoms with Gasteiger partial charge >= 0.3 is 19.8 Å². The summed E-state index contributed by atoms with van der Waals surface area (Å²) in [6, 6.07) is 0. The standard InChI is InChI=1S/C39H75O10P/c1-3-5-7-9-11-13-14-15-16-17-18-19-20-21-22-23-25-26-28-30-38(42)46-34-37(35-48-50(44,45)47-33-36(41)32-40)49-39(43)31-29-27-24-12-10-8-6-4-2/h15-16,36-37,40-41H,3-14,17-35H2,1-2H3,(H,44,45)/b16-15+/t36-,37+/m1/s1. The third-order valence-electron chi connectivity index (χ3n) is 8.67. The van der Waals surface area contributed by atoms with Crippen LogP contribution in [0.25, 0.3) is 0 Å². The molecule has 3 atom stereocenters. The Kier molecular flexibility index (Phi) is 35.2. The van der Waals surface area contributed by atoms with Crippen molar-refractivity contribution in [1.82, 2.24) is 0 Å². The van der Waals surface area contributed by atoms with E-state index in [0.717, 1.165) is 38.5 Å². The highest BCUT2D eigenvalue weighted by molar-refractivity contribution is 7.47. The quantitative estimate of drug-likeness (QED) is 0.0242. The molecule has 0 aliphatic rings. The summed E-state index contributed by atoms with van der Waals surface area (Å²) in [5.74, 6) is -0.926. The molecule has 0 aliphatic carbocycles. The van der Waals surface area contributed by atoms with Crippen LogP contribution >= 0.6 is 7.82 Å². The number of phosphoric ester groups is 1. The van der Waals surface area contributed by atoms with Gasteiger partial charge in [-0.15, -0.1) is 0 Å². The average molecular weight is 735 g/mol. The number of phosphoric acid groups is 1. The van der Waals surface area contributed by atoms with Crippen molar-refractivity contribution >= 4 is 19.8 Å². The fourth-order valence-corrected chi connectivity index (χ4v) is 6.31. The maximum Gasteiger partial charge on any atom is 0.472 e. The number of aliphatic hydroxyl groups excluding tert-OH is 2. The van der Waals surface area contributed by atoms with E-state index in [4.69, 9.17) is 19.1 Å². The van der Waals surface area contributed by atoms with Gasteiger partial charge in [0.05, 0.1) is 19.8 Å². The molecule has 0 aromatic rings. The Morgan fingerprint density at radius 1 is 0.580 bits per heavy atom. The highest BCUT2D eigenvalue weighted by Gasteiger charge is 2.27. The molecule has 0 bridgehead atoms. The lowest BCUT2D eigenvalue weighted by Crippen LogP contribution is -2.29. The molecule has 0 radical (unpaired) electrons. The van der Waals surface area contributed by atoms with Gasteiger partial charge in [0.15, 0.2) is 6.10 Å². The number of allylic oxidation sites excluding steroid dienone is 2. The van der Waals surface area contributed by atoms with Crippen LogP contribution in [0.15, 0.2) is 12.2 Å². The van der Waals surface area contributed by atoms with Gasteiger partial charge in [-0.2, -0.15) is 0 Å². The predicted octanol–water partition coefficient (Wildman–Crippen LogP) is 10.1. The minimum Gasteiger partial charge on any atom is -0.462 e. The number of hydrogen-bond donors (Lipinski definition) is 3. The SMILES string of the molecule is CCCCCCCC/C=C/CCCCCCCCCCCC(=O)OC[C@@H](COP(=O)(O)OC[C@H](O)CO)OC(=O)CCCCCCCCCC. The van der Waals surface area contributed by atoms with Crippen molar-refractivity contribution in [2.24, 2.45) is 0 Å². The first kappa shape index (κ1) is 48.7. The van der Waals surface area contributed by atoms with Crippen molar-refractivity contribution in [3.63, 3.8) is 0 Å². The van der Waals surface area contributed by atoms with Gasteiger partial charge in [-0.1, -0.05) is 148 Å². The molecular formula is C39H75O10P. The van der Waals surface area contributed by atoms with E-state index in [1.165, 1.54) is 109 Å². The van der Waals surface area contributed by atoms with Crippen LogP contribution < -0.4 is 0 Å². The molecule has 0 aliphatic heterocycles. The van der Waals surface area contributed by atoms with Crippen LogP contribution in [0.5, 0.6) is 0 Å². The Balaban J connectivity index is 4.18. The Morgan fingerprint density at radius 2 is 0.980 bits per heavy atom. The number of esters is 2. The molecule has 0 saturated carbocycles. The van der Waals surface area contributed by atoms with Gasteiger partial charge in [-0.3, -0.25) is 18.6 Å². The molecule has 0 aromatic carbocycles. The lowest BCUT2D eigenvalue weighted by atomic mass is 10.1. The maximum absolute atomic E-state index is 12.5. The lowest BCUT2D eigenvalue weighted by molar-refractivity contribution is -0.161. The van der Waals surface area contributed by atoms with Crippen molar-refractivity contribution in [2.75, 3.05) is 26.4 Å². The van der Waals surface area contributed by atoms with E-state index in [0.29, 0.717) is 12.8 Å². The zero-order chi connectivity index (χ0) is 37.0. The summed E-state index contributed by atoms with van der Waals surface area (Å²) in [4.78, 5) is 34.7. The minimum absolute atomic E-state index is 0.187. The summed E-state index contributed by atoms with van der Waals surface area (Å²) in [6.07, 6.45) is 32.0. The van der Waals surface area contributed by atoms with Crippen LogP contribution in [0.3, 0.4) is 0 Å². The van der Waals surface area contributed by atoms with Crippen molar-refractivity contribution in [2.45, 2.75) is 199 Å². The van der Waals surface area contributed by atoms with Gasteiger partial charge in [-0.05, 0) is 38.5 Å². The number of carbonyl (C=O) groups excluding carboxylic acids is 2. The topological polar surface area (TPSA) is 149 Å². The number of hydrogen-bond acceptors (Lipinski definition) is 9.